The lowest BCUT2D eigenvalue weighted by Gasteiger charge is -2.31. The van der Waals surface area contributed by atoms with Crippen LogP contribution in [0.1, 0.15) is 36.1 Å². The molecule has 3 rings (SSSR count). The predicted octanol–water partition coefficient (Wildman–Crippen LogP) is 5.20. The van der Waals surface area contributed by atoms with Gasteiger partial charge in [-0.15, -0.1) is 0 Å². The summed E-state index contributed by atoms with van der Waals surface area (Å²) >= 11 is 0. The summed E-state index contributed by atoms with van der Waals surface area (Å²) < 4.78 is 5.55. The highest BCUT2D eigenvalue weighted by molar-refractivity contribution is 5.82. The standard InChI is InChI=1S/C24H29NO/c1-4-20-6-10-22(11-7-20)19(3)18-24(25-14-16-26-17-15-25)23-12-8-21(5-2)9-13-23/h6-13,18H,3-5,14-17H2,1-2H3/b24-18-. The Hall–Kier alpha value is -2.32. The molecule has 1 aliphatic rings. The maximum absolute atomic E-state index is 5.55. The Labute approximate surface area is 157 Å². The molecule has 0 aliphatic carbocycles. The van der Waals surface area contributed by atoms with Crippen LogP contribution < -0.4 is 0 Å². The summed E-state index contributed by atoms with van der Waals surface area (Å²) in [6.07, 6.45) is 4.35. The van der Waals surface area contributed by atoms with E-state index in [-0.39, 0.29) is 0 Å². The maximum atomic E-state index is 5.55. The molecule has 136 valence electrons. The Balaban J connectivity index is 1.92. The fraction of sp³-hybridized carbons (Fsp3) is 0.333. The largest absolute Gasteiger partial charge is 0.378 e. The van der Waals surface area contributed by atoms with Gasteiger partial charge in [0.15, 0.2) is 0 Å². The minimum Gasteiger partial charge on any atom is -0.378 e. The van der Waals surface area contributed by atoms with E-state index in [0.29, 0.717) is 0 Å². The SMILES string of the molecule is C=C(/C=C(/c1ccc(CC)cc1)N1CCOCC1)c1ccc(CC)cc1. The van der Waals surface area contributed by atoms with E-state index in [1.54, 1.807) is 0 Å². The molecule has 2 nitrogen and oxygen atoms in total. The van der Waals surface area contributed by atoms with Gasteiger partial charge in [0.25, 0.3) is 0 Å². The molecule has 0 N–H and O–H groups in total. The van der Waals surface area contributed by atoms with Crippen molar-refractivity contribution in [2.24, 2.45) is 0 Å². The van der Waals surface area contributed by atoms with Crippen LogP contribution in [0.5, 0.6) is 0 Å². The summed E-state index contributed by atoms with van der Waals surface area (Å²) in [6, 6.07) is 17.6. The molecule has 0 amide bonds. The molecule has 2 aromatic rings. The van der Waals surface area contributed by atoms with Gasteiger partial charge in [0, 0.05) is 18.8 Å². The Bertz CT molecular complexity index is 750. The van der Waals surface area contributed by atoms with Gasteiger partial charge in [-0.05, 0) is 46.7 Å². The lowest BCUT2D eigenvalue weighted by molar-refractivity contribution is 0.0640. The van der Waals surface area contributed by atoms with Gasteiger partial charge in [-0.25, -0.2) is 0 Å². The molecule has 0 radical (unpaired) electrons. The third-order valence-corrected chi connectivity index (χ3v) is 5.05. The normalized spacial score (nSPS) is 15.2. The average molecular weight is 348 g/mol. The summed E-state index contributed by atoms with van der Waals surface area (Å²) in [4.78, 5) is 2.41. The number of morpholine rings is 1. The van der Waals surface area contributed by atoms with Crippen molar-refractivity contribution in [2.45, 2.75) is 26.7 Å². The second-order valence-electron chi connectivity index (χ2n) is 6.76. The van der Waals surface area contributed by atoms with Crippen molar-refractivity contribution in [3.05, 3.63) is 83.4 Å². The second-order valence-corrected chi connectivity index (χ2v) is 6.76. The van der Waals surface area contributed by atoms with Gasteiger partial charge in [-0.1, -0.05) is 69.0 Å². The lowest BCUT2D eigenvalue weighted by atomic mass is 10.00. The molecule has 2 heteroatoms. The van der Waals surface area contributed by atoms with Crippen molar-refractivity contribution in [1.29, 1.82) is 0 Å². The smallest absolute Gasteiger partial charge is 0.0642 e. The van der Waals surface area contributed by atoms with E-state index in [0.717, 1.165) is 44.7 Å². The summed E-state index contributed by atoms with van der Waals surface area (Å²) in [5.74, 6) is 0. The van der Waals surface area contributed by atoms with Crippen LogP contribution >= 0.6 is 0 Å². The molecular weight excluding hydrogens is 318 g/mol. The number of rotatable bonds is 6. The number of hydrogen-bond acceptors (Lipinski definition) is 2. The highest BCUT2D eigenvalue weighted by Gasteiger charge is 2.16. The molecule has 1 heterocycles. The van der Waals surface area contributed by atoms with Crippen LogP contribution in [0.25, 0.3) is 11.3 Å². The minimum atomic E-state index is 0.780. The number of hydrogen-bond donors (Lipinski definition) is 0. The lowest BCUT2D eigenvalue weighted by Crippen LogP contribution is -2.35. The Morgan fingerprint density at radius 1 is 0.885 bits per heavy atom. The van der Waals surface area contributed by atoms with Crippen molar-refractivity contribution in [1.82, 2.24) is 4.90 Å². The van der Waals surface area contributed by atoms with E-state index in [1.165, 1.54) is 28.0 Å². The molecule has 0 spiro atoms. The first-order valence-electron chi connectivity index (χ1n) is 9.63. The number of ether oxygens (including phenoxy) is 1. The Morgan fingerprint density at radius 3 is 1.88 bits per heavy atom. The van der Waals surface area contributed by atoms with Crippen molar-refractivity contribution >= 4 is 11.3 Å². The third-order valence-electron chi connectivity index (χ3n) is 5.05. The molecular formula is C24H29NO. The first-order chi connectivity index (χ1) is 12.7. The minimum absolute atomic E-state index is 0.780. The van der Waals surface area contributed by atoms with E-state index in [2.05, 4.69) is 79.9 Å². The van der Waals surface area contributed by atoms with Crippen LogP contribution in [-0.4, -0.2) is 31.2 Å². The fourth-order valence-electron chi connectivity index (χ4n) is 3.28. The predicted molar refractivity (Wildman–Crippen MR) is 111 cm³/mol. The first kappa shape index (κ1) is 18.5. The van der Waals surface area contributed by atoms with Crippen LogP contribution in [0.3, 0.4) is 0 Å². The van der Waals surface area contributed by atoms with E-state index in [1.807, 2.05) is 0 Å². The van der Waals surface area contributed by atoms with E-state index >= 15 is 0 Å². The van der Waals surface area contributed by atoms with Gasteiger partial charge in [0.1, 0.15) is 0 Å². The van der Waals surface area contributed by atoms with Gasteiger partial charge >= 0.3 is 0 Å². The highest BCUT2D eigenvalue weighted by atomic mass is 16.5. The van der Waals surface area contributed by atoms with E-state index in [9.17, 15) is 0 Å². The van der Waals surface area contributed by atoms with Crippen LogP contribution in [0.2, 0.25) is 0 Å². The molecule has 1 aliphatic heterocycles. The van der Waals surface area contributed by atoms with Gasteiger partial charge < -0.3 is 9.64 Å². The zero-order chi connectivity index (χ0) is 18.4. The number of aryl methyl sites for hydroxylation is 2. The van der Waals surface area contributed by atoms with Gasteiger partial charge in [0.2, 0.25) is 0 Å². The number of allylic oxidation sites excluding steroid dienone is 2. The Kier molecular flexibility index (Phi) is 6.30. The van der Waals surface area contributed by atoms with Crippen LogP contribution in [0.4, 0.5) is 0 Å². The van der Waals surface area contributed by atoms with Gasteiger partial charge in [-0.2, -0.15) is 0 Å². The van der Waals surface area contributed by atoms with E-state index < -0.39 is 0 Å². The van der Waals surface area contributed by atoms with Crippen LogP contribution in [0, 0.1) is 0 Å². The molecule has 0 atom stereocenters. The Morgan fingerprint density at radius 2 is 1.38 bits per heavy atom. The summed E-state index contributed by atoms with van der Waals surface area (Å²) in [6.45, 7) is 12.1. The summed E-state index contributed by atoms with van der Waals surface area (Å²) in [5, 5.41) is 0. The van der Waals surface area contributed by atoms with Crippen molar-refractivity contribution in [3.8, 4) is 0 Å². The van der Waals surface area contributed by atoms with Crippen molar-refractivity contribution < 1.29 is 4.74 Å². The zero-order valence-electron chi connectivity index (χ0n) is 16.0. The maximum Gasteiger partial charge on any atom is 0.0642 e. The third kappa shape index (κ3) is 4.44. The van der Waals surface area contributed by atoms with Crippen LogP contribution in [-0.2, 0) is 17.6 Å². The average Bonchev–Trinajstić information content (AvgIpc) is 2.72. The molecule has 2 aromatic carbocycles. The second kappa shape index (κ2) is 8.86. The monoisotopic (exact) mass is 347 g/mol. The quantitative estimate of drug-likeness (QED) is 0.666. The molecule has 0 unspecified atom stereocenters. The van der Waals surface area contributed by atoms with Crippen LogP contribution in [0.15, 0.2) is 61.2 Å². The van der Waals surface area contributed by atoms with E-state index in [4.69, 9.17) is 4.74 Å². The summed E-state index contributed by atoms with van der Waals surface area (Å²) in [7, 11) is 0. The highest BCUT2D eigenvalue weighted by Crippen LogP contribution is 2.26. The fourth-order valence-corrected chi connectivity index (χ4v) is 3.28. The summed E-state index contributed by atoms with van der Waals surface area (Å²) in [5.41, 5.74) is 7.43. The molecule has 0 aromatic heterocycles. The zero-order valence-corrected chi connectivity index (χ0v) is 16.0. The van der Waals surface area contributed by atoms with Gasteiger partial charge in [-0.3, -0.25) is 0 Å². The molecule has 0 bridgehead atoms. The van der Waals surface area contributed by atoms with Crippen molar-refractivity contribution in [3.63, 3.8) is 0 Å². The molecule has 1 fully saturated rings. The van der Waals surface area contributed by atoms with Gasteiger partial charge in [0.05, 0.1) is 13.2 Å². The number of benzene rings is 2. The molecule has 26 heavy (non-hydrogen) atoms. The molecule has 0 saturated carbocycles. The van der Waals surface area contributed by atoms with Crippen molar-refractivity contribution in [2.75, 3.05) is 26.3 Å². The molecule has 1 saturated heterocycles. The topological polar surface area (TPSA) is 12.5 Å². The number of nitrogens with zero attached hydrogens (tertiary/aromatic N) is 1. The first-order valence-corrected chi connectivity index (χ1v) is 9.63.